The van der Waals surface area contributed by atoms with Gasteiger partial charge in [-0.2, -0.15) is 8.42 Å². The molecule has 3 heterocycles. The lowest BCUT2D eigenvalue weighted by Crippen LogP contribution is -2.23. The van der Waals surface area contributed by atoms with Crippen LogP contribution >= 0.6 is 0 Å². The number of fused-ring (bicyclic) bond motifs is 2. The molecule has 0 radical (unpaired) electrons. The van der Waals surface area contributed by atoms with Crippen LogP contribution in [-0.4, -0.2) is 42.2 Å². The number of aryl methyl sites for hydroxylation is 2. The largest absolute Gasteiger partial charge is 0.457 e. The highest BCUT2D eigenvalue weighted by Crippen LogP contribution is 2.31. The Kier molecular flexibility index (Phi) is 6.24. The van der Waals surface area contributed by atoms with Gasteiger partial charge in [0.1, 0.15) is 40.1 Å². The van der Waals surface area contributed by atoms with Crippen molar-refractivity contribution in [3.63, 3.8) is 0 Å². The SMILES string of the molecule is Cc1ccc(S(=O)(=O)Oc2ccc3ncnc(Nc4ccc(OC5=CC6=NCCN6C=C5)c(C)c4)c3c2)cc1. The number of nitrogens with zero attached hydrogens (tertiary/aromatic N) is 4. The van der Waals surface area contributed by atoms with Gasteiger partial charge in [-0.15, -0.1) is 0 Å². The first-order chi connectivity index (χ1) is 18.8. The van der Waals surface area contributed by atoms with E-state index in [1.807, 2.05) is 50.4 Å². The Morgan fingerprint density at radius 1 is 0.974 bits per heavy atom. The van der Waals surface area contributed by atoms with Gasteiger partial charge >= 0.3 is 10.1 Å². The quantitative estimate of drug-likeness (QED) is 0.317. The summed E-state index contributed by atoms with van der Waals surface area (Å²) in [6.07, 6.45) is 7.30. The molecule has 0 atom stereocenters. The van der Waals surface area contributed by atoms with Crippen molar-refractivity contribution in [2.45, 2.75) is 18.7 Å². The van der Waals surface area contributed by atoms with Gasteiger partial charge in [0, 0.05) is 29.9 Å². The molecule has 0 aliphatic carbocycles. The monoisotopic (exact) mass is 539 g/mol. The van der Waals surface area contributed by atoms with Gasteiger partial charge in [-0.25, -0.2) is 9.97 Å². The first kappa shape index (κ1) is 24.6. The van der Waals surface area contributed by atoms with Crippen molar-refractivity contribution in [3.05, 3.63) is 102 Å². The van der Waals surface area contributed by atoms with Crippen LogP contribution < -0.4 is 14.2 Å². The standard InChI is InChI=1S/C29H25N5O4S/c1-19-3-7-24(8-4-19)39(35,36)38-23-6-9-26-25(16-23)29(32-18-31-26)33-21-5-10-27(20(2)15-21)37-22-11-13-34-14-12-30-28(34)17-22/h3-11,13,15-18H,12,14H2,1-2H3,(H,31,32,33). The second kappa shape index (κ2) is 9.88. The van der Waals surface area contributed by atoms with E-state index in [0.29, 0.717) is 16.7 Å². The zero-order chi connectivity index (χ0) is 27.0. The van der Waals surface area contributed by atoms with E-state index in [9.17, 15) is 8.42 Å². The number of rotatable bonds is 7. The Hall–Kier alpha value is -4.70. The number of aromatic nitrogens is 2. The van der Waals surface area contributed by atoms with Crippen LogP contribution in [0.3, 0.4) is 0 Å². The molecule has 6 rings (SSSR count). The fourth-order valence-electron chi connectivity index (χ4n) is 4.33. The Morgan fingerprint density at radius 3 is 2.64 bits per heavy atom. The lowest BCUT2D eigenvalue weighted by atomic mass is 10.2. The Bertz CT molecular complexity index is 1780. The average Bonchev–Trinajstić information content (AvgIpc) is 3.39. The van der Waals surface area contributed by atoms with Crippen LogP contribution in [0.5, 0.6) is 11.5 Å². The minimum Gasteiger partial charge on any atom is -0.457 e. The number of hydrogen-bond acceptors (Lipinski definition) is 9. The van der Waals surface area contributed by atoms with Gasteiger partial charge in [0.2, 0.25) is 0 Å². The molecule has 10 heteroatoms. The minimum absolute atomic E-state index is 0.0849. The maximum absolute atomic E-state index is 12.8. The summed E-state index contributed by atoms with van der Waals surface area (Å²) < 4.78 is 37.1. The summed E-state index contributed by atoms with van der Waals surface area (Å²) in [5, 5.41) is 3.93. The summed E-state index contributed by atoms with van der Waals surface area (Å²) in [5.41, 5.74) is 3.32. The van der Waals surface area contributed by atoms with E-state index < -0.39 is 10.1 Å². The highest BCUT2D eigenvalue weighted by atomic mass is 32.2. The summed E-state index contributed by atoms with van der Waals surface area (Å²) in [7, 11) is -3.99. The van der Waals surface area contributed by atoms with Crippen LogP contribution in [0, 0.1) is 13.8 Å². The number of nitrogens with one attached hydrogen (secondary N) is 1. The van der Waals surface area contributed by atoms with E-state index >= 15 is 0 Å². The van der Waals surface area contributed by atoms with Crippen molar-refractivity contribution >= 4 is 38.4 Å². The predicted octanol–water partition coefficient (Wildman–Crippen LogP) is 5.26. The van der Waals surface area contributed by atoms with Gasteiger partial charge in [0.25, 0.3) is 0 Å². The molecule has 2 aliphatic rings. The first-order valence-corrected chi connectivity index (χ1v) is 13.8. The molecular weight excluding hydrogens is 514 g/mol. The molecular formula is C29H25N5O4S. The summed E-state index contributed by atoms with van der Waals surface area (Å²) in [4.78, 5) is 15.3. The van der Waals surface area contributed by atoms with Crippen LogP contribution in [0.1, 0.15) is 11.1 Å². The molecule has 0 saturated carbocycles. The zero-order valence-corrected chi connectivity index (χ0v) is 22.1. The van der Waals surface area contributed by atoms with E-state index in [2.05, 4.69) is 25.2 Å². The van der Waals surface area contributed by atoms with Gasteiger partial charge in [-0.1, -0.05) is 17.7 Å². The van der Waals surface area contributed by atoms with E-state index in [4.69, 9.17) is 8.92 Å². The first-order valence-electron chi connectivity index (χ1n) is 12.4. The number of hydrogen-bond donors (Lipinski definition) is 1. The minimum atomic E-state index is -3.99. The molecule has 0 unspecified atom stereocenters. The summed E-state index contributed by atoms with van der Waals surface area (Å²) in [5.74, 6) is 3.05. The van der Waals surface area contributed by atoms with Crippen LogP contribution in [0.2, 0.25) is 0 Å². The second-order valence-corrected chi connectivity index (χ2v) is 10.8. The van der Waals surface area contributed by atoms with Crippen molar-refractivity contribution in [3.8, 4) is 11.5 Å². The fourth-order valence-corrected chi connectivity index (χ4v) is 5.25. The fraction of sp³-hybridized carbons (Fsp3) is 0.138. The molecule has 0 bridgehead atoms. The van der Waals surface area contributed by atoms with Crippen molar-refractivity contribution in [2.24, 2.45) is 4.99 Å². The molecule has 0 spiro atoms. The van der Waals surface area contributed by atoms with Crippen LogP contribution in [0.15, 0.2) is 101 Å². The van der Waals surface area contributed by atoms with Crippen molar-refractivity contribution in [1.82, 2.24) is 14.9 Å². The summed E-state index contributed by atoms with van der Waals surface area (Å²) >= 11 is 0. The van der Waals surface area contributed by atoms with Gasteiger partial charge in [-0.05, 0) is 74.0 Å². The van der Waals surface area contributed by atoms with Crippen LogP contribution in [0.4, 0.5) is 11.5 Å². The lowest BCUT2D eigenvalue weighted by Gasteiger charge is -2.19. The maximum atomic E-state index is 12.8. The molecule has 2 aliphatic heterocycles. The lowest BCUT2D eigenvalue weighted by molar-refractivity contribution is 0.435. The number of benzene rings is 3. The molecule has 196 valence electrons. The Balaban J connectivity index is 1.23. The molecule has 0 saturated heterocycles. The Labute approximate surface area is 226 Å². The number of anilines is 2. The van der Waals surface area contributed by atoms with Gasteiger partial charge in [-0.3, -0.25) is 4.99 Å². The molecule has 0 amide bonds. The Morgan fingerprint density at radius 2 is 1.82 bits per heavy atom. The molecule has 4 aromatic rings. The molecule has 1 aromatic heterocycles. The van der Waals surface area contributed by atoms with Gasteiger partial charge < -0.3 is 19.1 Å². The van der Waals surface area contributed by atoms with Crippen molar-refractivity contribution in [2.75, 3.05) is 18.4 Å². The molecule has 1 N–H and O–H groups in total. The van der Waals surface area contributed by atoms with E-state index in [-0.39, 0.29) is 10.6 Å². The van der Waals surface area contributed by atoms with Crippen molar-refractivity contribution < 1.29 is 17.3 Å². The topological polar surface area (TPSA) is 106 Å². The summed E-state index contributed by atoms with van der Waals surface area (Å²) in [6.45, 7) is 5.54. The van der Waals surface area contributed by atoms with Gasteiger partial charge in [0.15, 0.2) is 0 Å². The van der Waals surface area contributed by atoms with Crippen LogP contribution in [0.25, 0.3) is 10.9 Å². The third-order valence-corrected chi connectivity index (χ3v) is 7.65. The zero-order valence-electron chi connectivity index (χ0n) is 21.3. The summed E-state index contributed by atoms with van der Waals surface area (Å²) in [6, 6.07) is 17.1. The number of ether oxygens (including phenoxy) is 1. The molecule has 3 aromatic carbocycles. The number of allylic oxidation sites excluding steroid dienone is 1. The van der Waals surface area contributed by atoms with E-state index in [1.54, 1.807) is 30.3 Å². The molecule has 0 fully saturated rings. The normalized spacial score (nSPS) is 14.6. The third-order valence-electron chi connectivity index (χ3n) is 6.39. The van der Waals surface area contributed by atoms with Crippen LogP contribution in [-0.2, 0) is 10.1 Å². The predicted molar refractivity (Wildman–Crippen MR) is 150 cm³/mol. The highest BCUT2D eigenvalue weighted by Gasteiger charge is 2.19. The maximum Gasteiger partial charge on any atom is 0.339 e. The van der Waals surface area contributed by atoms with E-state index in [1.165, 1.54) is 18.5 Å². The van der Waals surface area contributed by atoms with E-state index in [0.717, 1.165) is 47.2 Å². The second-order valence-electron chi connectivity index (χ2n) is 9.25. The van der Waals surface area contributed by atoms with Gasteiger partial charge in [0.05, 0.1) is 12.1 Å². The smallest absolute Gasteiger partial charge is 0.339 e. The molecule has 9 nitrogen and oxygen atoms in total. The number of aliphatic imine (C=N–C) groups is 1. The van der Waals surface area contributed by atoms with Crippen molar-refractivity contribution in [1.29, 1.82) is 0 Å². The number of amidine groups is 1. The molecule has 39 heavy (non-hydrogen) atoms. The highest BCUT2D eigenvalue weighted by molar-refractivity contribution is 7.87. The third kappa shape index (κ3) is 5.19. The average molecular weight is 540 g/mol.